The Kier molecular flexibility index (Phi) is 5.27. The van der Waals surface area contributed by atoms with E-state index in [4.69, 9.17) is 0 Å². The highest BCUT2D eigenvalue weighted by Crippen LogP contribution is 2.42. The van der Waals surface area contributed by atoms with E-state index in [0.29, 0.717) is 18.8 Å². The van der Waals surface area contributed by atoms with Gasteiger partial charge < -0.3 is 10.2 Å². The SMILES string of the molecule is COP(=O)(NC(=O)C1(NC(C)=O)C=CC=C(N2CCC2)C1=O)OC. The molecule has 1 unspecified atom stereocenters. The Labute approximate surface area is 139 Å². The average Bonchev–Trinajstić information content (AvgIpc) is 2.48. The lowest BCUT2D eigenvalue weighted by atomic mass is 9.85. The molecule has 0 saturated carbocycles. The number of ketones is 1. The van der Waals surface area contributed by atoms with Gasteiger partial charge in [-0.3, -0.25) is 28.5 Å². The van der Waals surface area contributed by atoms with E-state index in [-0.39, 0.29) is 0 Å². The molecule has 0 aromatic carbocycles. The molecule has 0 bridgehead atoms. The lowest BCUT2D eigenvalue weighted by Crippen LogP contribution is -2.64. The molecule has 0 radical (unpaired) electrons. The van der Waals surface area contributed by atoms with Gasteiger partial charge in [0.1, 0.15) is 0 Å². The topological polar surface area (TPSA) is 114 Å². The molecule has 0 aromatic rings. The van der Waals surface area contributed by atoms with E-state index in [2.05, 4.69) is 19.5 Å². The summed E-state index contributed by atoms with van der Waals surface area (Å²) in [5.41, 5.74) is -1.68. The number of rotatable bonds is 6. The summed E-state index contributed by atoms with van der Waals surface area (Å²) in [7, 11) is -1.73. The maximum Gasteiger partial charge on any atom is 0.434 e. The fourth-order valence-electron chi connectivity index (χ4n) is 2.43. The van der Waals surface area contributed by atoms with Crippen LogP contribution >= 0.6 is 7.75 Å². The molecule has 1 aliphatic carbocycles. The van der Waals surface area contributed by atoms with Crippen LogP contribution in [0.2, 0.25) is 0 Å². The molecule has 1 atom stereocenters. The molecular formula is C14H20N3O6P. The molecule has 2 aliphatic rings. The summed E-state index contributed by atoms with van der Waals surface area (Å²) in [6.07, 6.45) is 5.29. The molecule has 132 valence electrons. The second kappa shape index (κ2) is 6.88. The highest BCUT2D eigenvalue weighted by molar-refractivity contribution is 7.52. The minimum atomic E-state index is -3.92. The predicted octanol–water partition coefficient (Wildman–Crippen LogP) is 0.107. The molecule has 1 aliphatic heterocycles. The van der Waals surface area contributed by atoms with E-state index in [9.17, 15) is 18.9 Å². The van der Waals surface area contributed by atoms with E-state index in [0.717, 1.165) is 20.6 Å². The first-order valence-electron chi connectivity index (χ1n) is 7.30. The summed E-state index contributed by atoms with van der Waals surface area (Å²) in [4.78, 5) is 39.0. The third-order valence-corrected chi connectivity index (χ3v) is 5.28. The van der Waals surface area contributed by atoms with Crippen molar-refractivity contribution in [2.24, 2.45) is 0 Å². The van der Waals surface area contributed by atoms with Crippen LogP contribution in [0, 0.1) is 0 Å². The van der Waals surface area contributed by atoms with Crippen LogP contribution in [-0.2, 0) is 28.0 Å². The average molecular weight is 357 g/mol. The Morgan fingerprint density at radius 2 is 1.92 bits per heavy atom. The van der Waals surface area contributed by atoms with Crippen molar-refractivity contribution >= 4 is 25.3 Å². The third-order valence-electron chi connectivity index (χ3n) is 3.84. The van der Waals surface area contributed by atoms with Crippen LogP contribution in [0.4, 0.5) is 0 Å². The van der Waals surface area contributed by atoms with Crippen molar-refractivity contribution in [2.75, 3.05) is 27.3 Å². The van der Waals surface area contributed by atoms with Gasteiger partial charge in [0.05, 0.1) is 5.70 Å². The number of allylic oxidation sites excluding steroid dienone is 2. The van der Waals surface area contributed by atoms with Crippen LogP contribution in [0.15, 0.2) is 23.9 Å². The fourth-order valence-corrected chi connectivity index (χ4v) is 3.19. The standard InChI is InChI=1S/C14H20N3O6P/c1-10(18)15-14(13(20)16-24(21,22-2)23-3)7-4-6-11(12(14)19)17-8-5-9-17/h4,6-7H,5,8-9H2,1-3H3,(H,15,18)(H,16,20,21). The number of nitrogens with zero attached hydrogens (tertiary/aromatic N) is 1. The van der Waals surface area contributed by atoms with Crippen molar-refractivity contribution in [3.8, 4) is 0 Å². The van der Waals surface area contributed by atoms with Gasteiger partial charge in [-0.25, -0.2) is 4.57 Å². The number of nitrogens with one attached hydrogen (secondary N) is 2. The van der Waals surface area contributed by atoms with Crippen molar-refractivity contribution in [3.63, 3.8) is 0 Å². The van der Waals surface area contributed by atoms with Gasteiger partial charge in [-0.1, -0.05) is 6.08 Å². The molecule has 9 nitrogen and oxygen atoms in total. The first-order chi connectivity index (χ1) is 11.3. The Balaban J connectivity index is 2.37. The van der Waals surface area contributed by atoms with Gasteiger partial charge in [0, 0.05) is 34.2 Å². The second-order valence-corrected chi connectivity index (χ2v) is 7.32. The monoisotopic (exact) mass is 357 g/mol. The number of carbonyl (C=O) groups is 3. The van der Waals surface area contributed by atoms with Crippen molar-refractivity contribution in [2.45, 2.75) is 18.9 Å². The Bertz CT molecular complexity index is 661. The third kappa shape index (κ3) is 3.28. The minimum absolute atomic E-state index is 0.317. The molecule has 0 aromatic heterocycles. The van der Waals surface area contributed by atoms with Gasteiger partial charge in [0.25, 0.3) is 5.91 Å². The van der Waals surface area contributed by atoms with Gasteiger partial charge >= 0.3 is 7.75 Å². The van der Waals surface area contributed by atoms with Gasteiger partial charge in [-0.2, -0.15) is 0 Å². The van der Waals surface area contributed by atoms with Crippen molar-refractivity contribution in [3.05, 3.63) is 23.9 Å². The number of carbonyl (C=O) groups excluding carboxylic acids is 3. The highest BCUT2D eigenvalue weighted by Gasteiger charge is 2.50. The maximum absolute atomic E-state index is 12.9. The summed E-state index contributed by atoms with van der Waals surface area (Å²) >= 11 is 0. The maximum atomic E-state index is 12.9. The van der Waals surface area contributed by atoms with Crippen LogP contribution in [0.1, 0.15) is 13.3 Å². The molecule has 1 heterocycles. The summed E-state index contributed by atoms with van der Waals surface area (Å²) in [5, 5.41) is 4.44. The summed E-state index contributed by atoms with van der Waals surface area (Å²) < 4.78 is 21.5. The lowest BCUT2D eigenvalue weighted by Gasteiger charge is -2.39. The van der Waals surface area contributed by atoms with E-state index >= 15 is 0 Å². The molecule has 1 saturated heterocycles. The van der Waals surface area contributed by atoms with Gasteiger partial charge in [-0.15, -0.1) is 0 Å². The number of hydrogen-bond donors (Lipinski definition) is 2. The normalized spacial score (nSPS) is 23.4. The van der Waals surface area contributed by atoms with Crippen LogP contribution in [0.25, 0.3) is 0 Å². The van der Waals surface area contributed by atoms with Crippen LogP contribution in [0.3, 0.4) is 0 Å². The molecule has 1 fully saturated rings. The Morgan fingerprint density at radius 1 is 1.29 bits per heavy atom. The summed E-state index contributed by atoms with van der Waals surface area (Å²) in [5.74, 6) is -2.18. The first kappa shape index (κ1) is 18.4. The molecule has 2 amide bonds. The summed E-state index contributed by atoms with van der Waals surface area (Å²) in [6.45, 7) is 2.57. The van der Waals surface area contributed by atoms with Crippen molar-refractivity contribution < 1.29 is 28.0 Å². The Morgan fingerprint density at radius 3 is 2.38 bits per heavy atom. The van der Waals surface area contributed by atoms with Crippen molar-refractivity contribution in [1.82, 2.24) is 15.3 Å². The van der Waals surface area contributed by atoms with Crippen molar-refractivity contribution in [1.29, 1.82) is 0 Å². The zero-order chi connectivity index (χ0) is 18.0. The smallest absolute Gasteiger partial charge is 0.368 e. The van der Waals surface area contributed by atoms with E-state index in [1.165, 1.54) is 19.1 Å². The predicted molar refractivity (Wildman–Crippen MR) is 84.7 cm³/mol. The quantitative estimate of drug-likeness (QED) is 0.512. The second-order valence-electron chi connectivity index (χ2n) is 5.37. The fraction of sp³-hybridized carbons (Fsp3) is 0.500. The van der Waals surface area contributed by atoms with Gasteiger partial charge in [0.2, 0.25) is 17.2 Å². The minimum Gasteiger partial charge on any atom is -0.368 e. The van der Waals surface area contributed by atoms with Crippen LogP contribution < -0.4 is 10.4 Å². The van der Waals surface area contributed by atoms with E-state index in [1.807, 2.05) is 4.90 Å². The molecule has 2 rings (SSSR count). The molecule has 24 heavy (non-hydrogen) atoms. The lowest BCUT2D eigenvalue weighted by molar-refractivity contribution is -0.137. The number of amides is 2. The number of hydrogen-bond acceptors (Lipinski definition) is 7. The largest absolute Gasteiger partial charge is 0.434 e. The molecular weight excluding hydrogens is 337 g/mol. The molecule has 2 N–H and O–H groups in total. The Hall–Kier alpha value is -1.96. The first-order valence-corrected chi connectivity index (χ1v) is 8.84. The zero-order valence-corrected chi connectivity index (χ0v) is 14.6. The molecule has 10 heteroatoms. The van der Waals surface area contributed by atoms with Crippen LogP contribution in [-0.4, -0.2) is 55.3 Å². The number of likely N-dealkylation sites (tertiary alicyclic amines) is 1. The van der Waals surface area contributed by atoms with Gasteiger partial charge in [-0.05, 0) is 18.6 Å². The van der Waals surface area contributed by atoms with Gasteiger partial charge in [0.15, 0.2) is 0 Å². The van der Waals surface area contributed by atoms with Crippen LogP contribution in [0.5, 0.6) is 0 Å². The molecule has 0 spiro atoms. The summed E-state index contributed by atoms with van der Waals surface area (Å²) in [6, 6.07) is 0. The van der Waals surface area contributed by atoms with E-state index < -0.39 is 30.9 Å². The highest BCUT2D eigenvalue weighted by atomic mass is 31.2. The zero-order valence-electron chi connectivity index (χ0n) is 13.7. The van der Waals surface area contributed by atoms with E-state index in [1.54, 1.807) is 6.08 Å². The number of Topliss-reactive ketones (excluding diaryl/α,β-unsaturated/α-hetero) is 1.